The third kappa shape index (κ3) is 2.67. The summed E-state index contributed by atoms with van der Waals surface area (Å²) in [6.45, 7) is 0.598. The molecular weight excluding hydrogens is 274 g/mol. The van der Waals surface area contributed by atoms with Crippen molar-refractivity contribution < 1.29 is 13.2 Å². The molecule has 4 nitrogen and oxygen atoms in total. The predicted octanol–water partition coefficient (Wildman–Crippen LogP) is 1.68. The number of alkyl halides is 1. The third-order valence-electron chi connectivity index (χ3n) is 3.00. The number of hydrogen-bond acceptors (Lipinski definition) is 3. The Bertz CT molecular complexity index is 553. The van der Waals surface area contributed by atoms with Gasteiger partial charge in [0.1, 0.15) is 0 Å². The number of nitrogens with zero attached hydrogens (tertiary/aromatic N) is 1. The summed E-state index contributed by atoms with van der Waals surface area (Å²) in [5.74, 6) is 0.672. The zero-order chi connectivity index (χ0) is 13.3. The molecule has 0 saturated carbocycles. The molecule has 0 N–H and O–H groups in total. The standard InChI is InChI=1S/C12H14ClNO3S/c1-18(16,17)11-4-2-10(3-5-11)14-8-9(7-13)6-12(14)15/h2-5,9H,6-8H2,1H3. The summed E-state index contributed by atoms with van der Waals surface area (Å²) in [7, 11) is -3.20. The number of rotatable bonds is 3. The zero-order valence-electron chi connectivity index (χ0n) is 9.97. The summed E-state index contributed by atoms with van der Waals surface area (Å²) >= 11 is 5.75. The molecule has 6 heteroatoms. The smallest absolute Gasteiger partial charge is 0.227 e. The van der Waals surface area contributed by atoms with E-state index in [2.05, 4.69) is 0 Å². The number of amides is 1. The molecule has 0 spiro atoms. The number of halogens is 1. The van der Waals surface area contributed by atoms with Gasteiger partial charge in [0.15, 0.2) is 9.84 Å². The second-order valence-corrected chi connectivity index (χ2v) is 6.82. The van der Waals surface area contributed by atoms with Gasteiger partial charge in [0.2, 0.25) is 5.91 Å². The maximum atomic E-state index is 11.8. The fourth-order valence-corrected chi connectivity index (χ4v) is 2.84. The van der Waals surface area contributed by atoms with Crippen LogP contribution in [-0.4, -0.2) is 33.0 Å². The molecule has 1 atom stereocenters. The number of carbonyl (C=O) groups excluding carboxylic acids is 1. The Morgan fingerprint density at radius 3 is 2.39 bits per heavy atom. The first kappa shape index (κ1) is 13.4. The Balaban J connectivity index is 2.23. The van der Waals surface area contributed by atoms with Crippen molar-refractivity contribution in [2.24, 2.45) is 5.92 Å². The van der Waals surface area contributed by atoms with Crippen LogP contribution in [0.2, 0.25) is 0 Å². The van der Waals surface area contributed by atoms with Crippen LogP contribution < -0.4 is 4.90 Å². The predicted molar refractivity (Wildman–Crippen MR) is 70.7 cm³/mol. The Morgan fingerprint density at radius 2 is 1.94 bits per heavy atom. The van der Waals surface area contributed by atoms with Crippen LogP contribution in [0.3, 0.4) is 0 Å². The van der Waals surface area contributed by atoms with E-state index in [1.54, 1.807) is 17.0 Å². The summed E-state index contributed by atoms with van der Waals surface area (Å²) in [4.78, 5) is 13.7. The number of anilines is 1. The van der Waals surface area contributed by atoms with Crippen LogP contribution >= 0.6 is 11.6 Å². The van der Waals surface area contributed by atoms with Crippen molar-refractivity contribution in [3.05, 3.63) is 24.3 Å². The Labute approximate surface area is 111 Å². The molecule has 1 aliphatic heterocycles. The van der Waals surface area contributed by atoms with Gasteiger partial charge in [-0.15, -0.1) is 11.6 Å². The van der Waals surface area contributed by atoms with Crippen LogP contribution in [0.15, 0.2) is 29.2 Å². The van der Waals surface area contributed by atoms with Crippen LogP contribution in [0, 0.1) is 5.92 Å². The molecule has 1 aromatic rings. The molecule has 0 aromatic heterocycles. The van der Waals surface area contributed by atoms with E-state index in [1.807, 2.05) is 0 Å². The highest BCUT2D eigenvalue weighted by molar-refractivity contribution is 7.90. The molecule has 0 bridgehead atoms. The van der Waals surface area contributed by atoms with Crippen molar-refractivity contribution in [2.45, 2.75) is 11.3 Å². The zero-order valence-corrected chi connectivity index (χ0v) is 11.5. The highest BCUT2D eigenvalue weighted by atomic mass is 35.5. The summed E-state index contributed by atoms with van der Waals surface area (Å²) in [6, 6.07) is 6.35. The van der Waals surface area contributed by atoms with Gasteiger partial charge in [0, 0.05) is 30.8 Å². The van der Waals surface area contributed by atoms with Gasteiger partial charge in [-0.1, -0.05) is 0 Å². The lowest BCUT2D eigenvalue weighted by atomic mass is 10.1. The van der Waals surface area contributed by atoms with Crippen molar-refractivity contribution in [1.29, 1.82) is 0 Å². The average molecular weight is 288 g/mol. The molecular formula is C12H14ClNO3S. The fraction of sp³-hybridized carbons (Fsp3) is 0.417. The molecule has 1 heterocycles. The molecule has 2 rings (SSSR count). The van der Waals surface area contributed by atoms with Crippen molar-refractivity contribution in [3.63, 3.8) is 0 Å². The van der Waals surface area contributed by atoms with Crippen LogP contribution in [0.1, 0.15) is 6.42 Å². The number of sulfone groups is 1. The minimum absolute atomic E-state index is 0.0350. The number of carbonyl (C=O) groups is 1. The van der Waals surface area contributed by atoms with Gasteiger partial charge in [0.25, 0.3) is 0 Å². The van der Waals surface area contributed by atoms with Crippen LogP contribution in [0.25, 0.3) is 0 Å². The van der Waals surface area contributed by atoms with Gasteiger partial charge in [0.05, 0.1) is 4.90 Å². The molecule has 18 heavy (non-hydrogen) atoms. The van der Waals surface area contributed by atoms with Crippen LogP contribution in [-0.2, 0) is 14.6 Å². The molecule has 1 amide bonds. The molecule has 1 aliphatic rings. The molecule has 1 unspecified atom stereocenters. The van der Waals surface area contributed by atoms with Crippen molar-refractivity contribution in [2.75, 3.05) is 23.6 Å². The monoisotopic (exact) mass is 287 g/mol. The van der Waals surface area contributed by atoms with Crippen LogP contribution in [0.4, 0.5) is 5.69 Å². The lowest BCUT2D eigenvalue weighted by molar-refractivity contribution is -0.117. The minimum Gasteiger partial charge on any atom is -0.312 e. The van der Waals surface area contributed by atoms with Crippen molar-refractivity contribution in [3.8, 4) is 0 Å². The Hall–Kier alpha value is -1.07. The molecule has 1 saturated heterocycles. The first-order chi connectivity index (χ1) is 8.41. The summed E-state index contributed by atoms with van der Waals surface area (Å²) < 4.78 is 22.7. The minimum atomic E-state index is -3.20. The topological polar surface area (TPSA) is 54.5 Å². The summed E-state index contributed by atoms with van der Waals surface area (Å²) in [5.41, 5.74) is 0.722. The maximum Gasteiger partial charge on any atom is 0.227 e. The van der Waals surface area contributed by atoms with E-state index in [0.29, 0.717) is 18.8 Å². The highest BCUT2D eigenvalue weighted by Gasteiger charge is 2.29. The maximum absolute atomic E-state index is 11.8. The molecule has 0 aliphatic carbocycles. The second kappa shape index (κ2) is 4.90. The largest absolute Gasteiger partial charge is 0.312 e. The summed E-state index contributed by atoms with van der Waals surface area (Å²) in [5, 5.41) is 0. The van der Waals surface area contributed by atoms with E-state index in [9.17, 15) is 13.2 Å². The van der Waals surface area contributed by atoms with E-state index in [1.165, 1.54) is 12.1 Å². The van der Waals surface area contributed by atoms with Gasteiger partial charge in [-0.05, 0) is 30.2 Å². The molecule has 1 aromatic carbocycles. The van der Waals surface area contributed by atoms with E-state index in [-0.39, 0.29) is 16.7 Å². The Morgan fingerprint density at radius 1 is 1.33 bits per heavy atom. The quantitative estimate of drug-likeness (QED) is 0.795. The first-order valence-electron chi connectivity index (χ1n) is 5.58. The number of hydrogen-bond donors (Lipinski definition) is 0. The van der Waals surface area contributed by atoms with Gasteiger partial charge in [-0.2, -0.15) is 0 Å². The highest BCUT2D eigenvalue weighted by Crippen LogP contribution is 2.26. The molecule has 98 valence electrons. The normalized spacial score (nSPS) is 20.4. The van der Waals surface area contributed by atoms with Gasteiger partial charge in [-0.3, -0.25) is 4.79 Å². The van der Waals surface area contributed by atoms with Gasteiger partial charge in [-0.25, -0.2) is 8.42 Å². The van der Waals surface area contributed by atoms with Crippen molar-refractivity contribution in [1.82, 2.24) is 0 Å². The van der Waals surface area contributed by atoms with E-state index in [0.717, 1.165) is 11.9 Å². The number of benzene rings is 1. The lowest BCUT2D eigenvalue weighted by Crippen LogP contribution is -2.24. The van der Waals surface area contributed by atoms with E-state index in [4.69, 9.17) is 11.6 Å². The van der Waals surface area contributed by atoms with Gasteiger partial charge < -0.3 is 4.90 Å². The lowest BCUT2D eigenvalue weighted by Gasteiger charge is -2.16. The SMILES string of the molecule is CS(=O)(=O)c1ccc(N2CC(CCl)CC2=O)cc1. The van der Waals surface area contributed by atoms with E-state index < -0.39 is 9.84 Å². The molecule has 0 radical (unpaired) electrons. The van der Waals surface area contributed by atoms with E-state index >= 15 is 0 Å². The van der Waals surface area contributed by atoms with Crippen LogP contribution in [0.5, 0.6) is 0 Å². The van der Waals surface area contributed by atoms with Crippen molar-refractivity contribution >= 4 is 33.0 Å². The average Bonchev–Trinajstić information content (AvgIpc) is 2.70. The van der Waals surface area contributed by atoms with Gasteiger partial charge >= 0.3 is 0 Å². The second-order valence-electron chi connectivity index (χ2n) is 4.49. The third-order valence-corrected chi connectivity index (χ3v) is 4.56. The Kier molecular flexibility index (Phi) is 3.64. The fourth-order valence-electron chi connectivity index (χ4n) is 2.01. The molecule has 1 fully saturated rings. The summed E-state index contributed by atoms with van der Waals surface area (Å²) in [6.07, 6.45) is 1.61. The first-order valence-corrected chi connectivity index (χ1v) is 8.01.